The molecule has 2 amide bonds. The van der Waals surface area contributed by atoms with Gasteiger partial charge >= 0.3 is 0 Å². The van der Waals surface area contributed by atoms with Crippen LogP contribution < -0.4 is 5.32 Å². The van der Waals surface area contributed by atoms with Crippen LogP contribution in [0.15, 0.2) is 30.3 Å². The largest absolute Gasteiger partial charge is 0.345 e. The Bertz CT molecular complexity index is 751. The van der Waals surface area contributed by atoms with Crippen LogP contribution in [0.25, 0.3) is 5.69 Å². The van der Waals surface area contributed by atoms with Gasteiger partial charge in [-0.2, -0.15) is 5.10 Å². The summed E-state index contributed by atoms with van der Waals surface area (Å²) in [4.78, 5) is 25.6. The minimum atomic E-state index is -0.300. The van der Waals surface area contributed by atoms with Crippen molar-refractivity contribution in [1.29, 1.82) is 0 Å². The number of hydrogen-bond acceptors (Lipinski definition) is 3. The smallest absolute Gasteiger partial charge is 0.229 e. The van der Waals surface area contributed by atoms with Gasteiger partial charge in [-0.3, -0.25) is 9.59 Å². The number of para-hydroxylation sites is 1. The zero-order chi connectivity index (χ0) is 16.6. The topological polar surface area (TPSA) is 67.2 Å². The summed E-state index contributed by atoms with van der Waals surface area (Å²) in [6, 6.07) is 9.78. The molecule has 1 N–H and O–H groups in total. The SMILES string of the molecule is Cc1nn(-c2ccccc2)c(C)c1NC(=O)[C@H]1CC(=O)N(C)C1. The Balaban J connectivity index is 1.83. The number of aromatic nitrogens is 2. The zero-order valence-corrected chi connectivity index (χ0v) is 13.5. The molecule has 0 bridgehead atoms. The standard InChI is InChI=1S/C17H20N4O2/c1-11-16(18-17(23)13-9-15(22)20(3)10-13)12(2)21(19-11)14-7-5-4-6-8-14/h4-8,13H,9-10H2,1-3H3,(H,18,23)/t13-/m0/s1. The summed E-state index contributed by atoms with van der Waals surface area (Å²) >= 11 is 0. The maximum absolute atomic E-state index is 12.4. The zero-order valence-electron chi connectivity index (χ0n) is 13.5. The minimum absolute atomic E-state index is 0.0126. The van der Waals surface area contributed by atoms with Crippen LogP contribution >= 0.6 is 0 Å². The van der Waals surface area contributed by atoms with E-state index in [0.29, 0.717) is 6.54 Å². The first-order valence-electron chi connectivity index (χ1n) is 7.64. The summed E-state index contributed by atoms with van der Waals surface area (Å²) in [7, 11) is 1.72. The van der Waals surface area contributed by atoms with Gasteiger partial charge < -0.3 is 10.2 Å². The molecule has 120 valence electrons. The first-order valence-corrected chi connectivity index (χ1v) is 7.64. The highest BCUT2D eigenvalue weighted by Gasteiger charge is 2.32. The first-order chi connectivity index (χ1) is 11.0. The van der Waals surface area contributed by atoms with Crippen molar-refractivity contribution >= 4 is 17.5 Å². The van der Waals surface area contributed by atoms with Crippen LogP contribution in [0.3, 0.4) is 0 Å². The molecular formula is C17H20N4O2. The second-order valence-corrected chi connectivity index (χ2v) is 5.96. The van der Waals surface area contributed by atoms with E-state index in [0.717, 1.165) is 22.8 Å². The number of nitrogens with one attached hydrogen (secondary N) is 1. The number of benzene rings is 1. The Labute approximate surface area is 135 Å². The van der Waals surface area contributed by atoms with Gasteiger partial charge in [0.05, 0.1) is 28.7 Å². The Kier molecular flexibility index (Phi) is 3.90. The molecular weight excluding hydrogens is 292 g/mol. The van der Waals surface area contributed by atoms with Crippen LogP contribution in [0.5, 0.6) is 0 Å². The van der Waals surface area contributed by atoms with Gasteiger partial charge in [0.15, 0.2) is 0 Å². The van der Waals surface area contributed by atoms with Gasteiger partial charge in [-0.25, -0.2) is 4.68 Å². The average Bonchev–Trinajstić information content (AvgIpc) is 3.02. The highest BCUT2D eigenvalue weighted by atomic mass is 16.2. The molecule has 23 heavy (non-hydrogen) atoms. The fourth-order valence-electron chi connectivity index (χ4n) is 2.91. The molecule has 1 aliphatic heterocycles. The monoisotopic (exact) mass is 312 g/mol. The van der Waals surface area contributed by atoms with Gasteiger partial charge in [0.2, 0.25) is 11.8 Å². The van der Waals surface area contributed by atoms with Gasteiger partial charge in [-0.05, 0) is 26.0 Å². The molecule has 2 heterocycles. The number of nitrogens with zero attached hydrogens (tertiary/aromatic N) is 3. The Morgan fingerprint density at radius 1 is 1.26 bits per heavy atom. The van der Waals surface area contributed by atoms with E-state index in [1.165, 1.54) is 0 Å². The van der Waals surface area contributed by atoms with E-state index in [9.17, 15) is 9.59 Å². The van der Waals surface area contributed by atoms with Crippen molar-refractivity contribution < 1.29 is 9.59 Å². The summed E-state index contributed by atoms with van der Waals surface area (Å²) in [5.41, 5.74) is 3.31. The van der Waals surface area contributed by atoms with Crippen molar-refractivity contribution in [1.82, 2.24) is 14.7 Å². The quantitative estimate of drug-likeness (QED) is 0.941. The van der Waals surface area contributed by atoms with Gasteiger partial charge in [0, 0.05) is 20.0 Å². The minimum Gasteiger partial charge on any atom is -0.345 e. The number of likely N-dealkylation sites (tertiary alicyclic amines) is 1. The molecule has 0 radical (unpaired) electrons. The molecule has 6 nitrogen and oxygen atoms in total. The van der Waals surface area contributed by atoms with Crippen molar-refractivity contribution in [2.75, 3.05) is 18.9 Å². The number of hydrogen-bond donors (Lipinski definition) is 1. The number of carbonyl (C=O) groups excluding carboxylic acids is 2. The molecule has 0 unspecified atom stereocenters. The predicted molar refractivity (Wildman–Crippen MR) is 87.4 cm³/mol. The second-order valence-electron chi connectivity index (χ2n) is 5.96. The third kappa shape index (κ3) is 2.84. The number of amides is 2. The van der Waals surface area contributed by atoms with Crippen LogP contribution in [-0.2, 0) is 9.59 Å². The van der Waals surface area contributed by atoms with Crippen LogP contribution in [-0.4, -0.2) is 40.1 Å². The van der Waals surface area contributed by atoms with Gasteiger partial charge in [-0.1, -0.05) is 18.2 Å². The van der Waals surface area contributed by atoms with Gasteiger partial charge in [0.1, 0.15) is 0 Å². The lowest BCUT2D eigenvalue weighted by molar-refractivity contribution is -0.127. The van der Waals surface area contributed by atoms with Crippen LogP contribution in [0.2, 0.25) is 0 Å². The molecule has 1 fully saturated rings. The fraction of sp³-hybridized carbons (Fsp3) is 0.353. The Morgan fingerprint density at radius 2 is 1.96 bits per heavy atom. The van der Waals surface area contributed by atoms with Crippen molar-refractivity contribution in [3.63, 3.8) is 0 Å². The van der Waals surface area contributed by atoms with Crippen molar-refractivity contribution in [2.45, 2.75) is 20.3 Å². The number of carbonyl (C=O) groups is 2. The summed E-state index contributed by atoms with van der Waals surface area (Å²) in [6.45, 7) is 4.26. The number of rotatable bonds is 3. The molecule has 1 aliphatic rings. The van der Waals surface area contributed by atoms with E-state index < -0.39 is 0 Å². The summed E-state index contributed by atoms with van der Waals surface area (Å²) < 4.78 is 1.82. The van der Waals surface area contributed by atoms with Crippen molar-refractivity contribution in [2.24, 2.45) is 5.92 Å². The molecule has 0 spiro atoms. The molecule has 0 saturated carbocycles. The van der Waals surface area contributed by atoms with E-state index in [2.05, 4.69) is 10.4 Å². The lowest BCUT2D eigenvalue weighted by Gasteiger charge is -2.11. The highest BCUT2D eigenvalue weighted by molar-refractivity contribution is 5.97. The molecule has 6 heteroatoms. The predicted octanol–water partition coefficient (Wildman–Crippen LogP) is 1.91. The van der Waals surface area contributed by atoms with Crippen molar-refractivity contribution in [3.8, 4) is 5.69 Å². The van der Waals surface area contributed by atoms with Gasteiger partial charge in [0.25, 0.3) is 0 Å². The maximum atomic E-state index is 12.4. The molecule has 1 aromatic heterocycles. The van der Waals surface area contributed by atoms with Crippen molar-refractivity contribution in [3.05, 3.63) is 41.7 Å². The fourth-order valence-corrected chi connectivity index (χ4v) is 2.91. The molecule has 2 aromatic rings. The van der Waals surface area contributed by atoms with Crippen LogP contribution in [0.1, 0.15) is 17.8 Å². The van der Waals surface area contributed by atoms with Gasteiger partial charge in [-0.15, -0.1) is 0 Å². The number of aryl methyl sites for hydroxylation is 1. The molecule has 1 aromatic carbocycles. The van der Waals surface area contributed by atoms with E-state index in [-0.39, 0.29) is 24.2 Å². The molecule has 1 saturated heterocycles. The van der Waals surface area contributed by atoms with Crippen LogP contribution in [0, 0.1) is 19.8 Å². The van der Waals surface area contributed by atoms with Crippen LogP contribution in [0.4, 0.5) is 5.69 Å². The van der Waals surface area contributed by atoms with E-state index >= 15 is 0 Å². The lowest BCUT2D eigenvalue weighted by atomic mass is 10.1. The van der Waals surface area contributed by atoms with E-state index in [1.807, 2.05) is 48.9 Å². The van der Waals surface area contributed by atoms with E-state index in [1.54, 1.807) is 11.9 Å². The number of anilines is 1. The first kappa shape index (κ1) is 15.3. The third-order valence-electron chi connectivity index (χ3n) is 4.25. The average molecular weight is 312 g/mol. The normalized spacial score (nSPS) is 17.6. The second kappa shape index (κ2) is 5.87. The third-order valence-corrected chi connectivity index (χ3v) is 4.25. The Hall–Kier alpha value is -2.63. The summed E-state index contributed by atoms with van der Waals surface area (Å²) in [5.74, 6) is -0.411. The summed E-state index contributed by atoms with van der Waals surface area (Å²) in [6.07, 6.45) is 0.271. The highest BCUT2D eigenvalue weighted by Crippen LogP contribution is 2.25. The lowest BCUT2D eigenvalue weighted by Crippen LogP contribution is -2.26. The van der Waals surface area contributed by atoms with E-state index in [4.69, 9.17) is 0 Å². The molecule has 0 aliphatic carbocycles. The summed E-state index contributed by atoms with van der Waals surface area (Å²) in [5, 5.41) is 7.47. The molecule has 1 atom stereocenters. The maximum Gasteiger partial charge on any atom is 0.229 e. The Morgan fingerprint density at radius 3 is 2.57 bits per heavy atom. The molecule has 3 rings (SSSR count).